The fourth-order valence-electron chi connectivity index (χ4n) is 7.26. The lowest BCUT2D eigenvalue weighted by atomic mass is 9.79. The summed E-state index contributed by atoms with van der Waals surface area (Å²) in [5.74, 6) is -0.290. The first kappa shape index (κ1) is 31.6. The molecule has 0 radical (unpaired) electrons. The normalized spacial score (nSPS) is 23.7. The molecule has 4 heterocycles. The predicted octanol–water partition coefficient (Wildman–Crippen LogP) is 4.01. The molecule has 2 amide bonds. The van der Waals surface area contributed by atoms with E-state index in [1.807, 2.05) is 35.2 Å². The summed E-state index contributed by atoms with van der Waals surface area (Å²) in [7, 11) is 2.10. The van der Waals surface area contributed by atoms with Crippen LogP contribution in [0.5, 0.6) is 0 Å². The zero-order valence-corrected chi connectivity index (χ0v) is 26.5. The van der Waals surface area contributed by atoms with Gasteiger partial charge in [-0.2, -0.15) is 0 Å². The van der Waals surface area contributed by atoms with Gasteiger partial charge in [0, 0.05) is 55.1 Å². The van der Waals surface area contributed by atoms with E-state index in [9.17, 15) is 19.5 Å². The molecule has 6 rings (SSSR count). The zero-order chi connectivity index (χ0) is 32.4. The van der Waals surface area contributed by atoms with Crippen molar-refractivity contribution in [1.82, 2.24) is 19.8 Å². The second kappa shape index (κ2) is 13.1. The summed E-state index contributed by atoms with van der Waals surface area (Å²) < 4.78 is 0. The summed E-state index contributed by atoms with van der Waals surface area (Å²) in [5, 5.41) is 12.3. The molecule has 1 saturated heterocycles. The van der Waals surface area contributed by atoms with Crippen molar-refractivity contribution in [2.24, 2.45) is 5.73 Å². The Labute approximate surface area is 269 Å². The van der Waals surface area contributed by atoms with E-state index in [4.69, 9.17) is 5.73 Å². The van der Waals surface area contributed by atoms with Gasteiger partial charge in [-0.25, -0.2) is 9.78 Å². The van der Waals surface area contributed by atoms with E-state index in [0.29, 0.717) is 31.6 Å². The van der Waals surface area contributed by atoms with E-state index in [-0.39, 0.29) is 29.3 Å². The molecule has 10 nitrogen and oxygen atoms in total. The molecule has 240 valence electrons. The number of carboxylic acids is 1. The summed E-state index contributed by atoms with van der Waals surface area (Å²) in [6.07, 6.45) is 11.8. The van der Waals surface area contributed by atoms with E-state index >= 15 is 0 Å². The summed E-state index contributed by atoms with van der Waals surface area (Å²) in [6.45, 7) is 4.54. The number of nitrogens with zero attached hydrogens (tertiary/aromatic N) is 4. The Morgan fingerprint density at radius 3 is 2.72 bits per heavy atom. The highest BCUT2D eigenvalue weighted by Crippen LogP contribution is 2.46. The monoisotopic (exact) mass is 622 g/mol. The molecule has 3 aromatic rings. The molecule has 0 saturated carbocycles. The van der Waals surface area contributed by atoms with E-state index in [1.54, 1.807) is 12.3 Å². The average molecular weight is 623 g/mol. The molecule has 46 heavy (non-hydrogen) atoms. The second-order valence-corrected chi connectivity index (χ2v) is 13.0. The largest absolute Gasteiger partial charge is 0.478 e. The number of hydrogen-bond donors (Lipinski definition) is 3. The number of fused-ring (bicyclic) bond motifs is 3. The standard InChI is InChI=1S/C36H42N6O4/c1-23-28(25-11-7-5-8-12-25)18-30(37)33(43)42(23)15-14-41(2)13-9-4-3-6-10-24-16-29-32(39-21-24)40-35(46)36(29)19-26-17-27(34(44)45)22-38-31(26)20-36/h5-8,10-12,16-17,21-23,28,30H,3-4,9,13-15,18-20,37H2,1-2H3,(H,44,45)(H,39,40,46)/b10-6+/t23?,28?,30?,36-/m0/s1. The van der Waals surface area contributed by atoms with Crippen LogP contribution >= 0.6 is 0 Å². The molecule has 4 atom stereocenters. The minimum atomic E-state index is -1.03. The van der Waals surface area contributed by atoms with Gasteiger partial charge in [0.25, 0.3) is 0 Å². The van der Waals surface area contributed by atoms with Gasteiger partial charge in [0.15, 0.2) is 0 Å². The predicted molar refractivity (Wildman–Crippen MR) is 176 cm³/mol. The number of nitrogens with one attached hydrogen (secondary N) is 1. The Morgan fingerprint density at radius 2 is 1.93 bits per heavy atom. The van der Waals surface area contributed by atoms with Gasteiger partial charge in [-0.1, -0.05) is 42.5 Å². The van der Waals surface area contributed by atoms with Crippen molar-refractivity contribution in [2.75, 3.05) is 32.0 Å². The fraction of sp³-hybridized carbons (Fsp3) is 0.417. The molecule has 1 aliphatic carbocycles. The smallest absolute Gasteiger partial charge is 0.337 e. The van der Waals surface area contributed by atoms with Gasteiger partial charge in [0.05, 0.1) is 17.0 Å². The quantitative estimate of drug-likeness (QED) is 0.273. The number of unbranched alkanes of at least 4 members (excludes halogenated alkanes) is 2. The molecule has 1 spiro atoms. The van der Waals surface area contributed by atoms with Crippen LogP contribution in [-0.2, 0) is 27.8 Å². The number of piperidine rings is 1. The average Bonchev–Trinajstić information content (AvgIpc) is 3.57. The number of aromatic nitrogens is 2. The van der Waals surface area contributed by atoms with Crippen LogP contribution in [0.1, 0.15) is 76.8 Å². The van der Waals surface area contributed by atoms with Crippen molar-refractivity contribution in [3.05, 3.63) is 94.4 Å². The third-order valence-corrected chi connectivity index (χ3v) is 9.96. The lowest BCUT2D eigenvalue weighted by Gasteiger charge is -2.42. The Balaban J connectivity index is 0.983. The number of rotatable bonds is 11. The van der Waals surface area contributed by atoms with Crippen LogP contribution in [0.2, 0.25) is 0 Å². The molecule has 4 N–H and O–H groups in total. The van der Waals surface area contributed by atoms with Crippen molar-refractivity contribution in [3.8, 4) is 0 Å². The fourth-order valence-corrected chi connectivity index (χ4v) is 7.26. The summed E-state index contributed by atoms with van der Waals surface area (Å²) in [4.78, 5) is 50.7. The molecule has 1 fully saturated rings. The van der Waals surface area contributed by atoms with Crippen LogP contribution in [-0.4, -0.2) is 81.4 Å². The Kier molecular flexibility index (Phi) is 9.02. The van der Waals surface area contributed by atoms with Crippen LogP contribution in [0.4, 0.5) is 5.82 Å². The molecule has 2 aliphatic heterocycles. The number of likely N-dealkylation sites (tertiary alicyclic amines) is 1. The molecule has 1 aromatic carbocycles. The zero-order valence-electron chi connectivity index (χ0n) is 26.5. The first-order valence-electron chi connectivity index (χ1n) is 16.2. The van der Waals surface area contributed by atoms with Gasteiger partial charge in [0.1, 0.15) is 5.82 Å². The summed E-state index contributed by atoms with van der Waals surface area (Å²) in [6, 6.07) is 13.7. The highest BCUT2D eigenvalue weighted by Gasteiger charge is 2.52. The summed E-state index contributed by atoms with van der Waals surface area (Å²) >= 11 is 0. The number of benzene rings is 1. The minimum Gasteiger partial charge on any atom is -0.478 e. The SMILES string of the molecule is CC1C(c2ccccc2)CC(N)C(=O)N1CCN(C)CCCC/C=C/c1cnc2c(c1)[C@@]1(Cc3cc(C(=O)O)cnc3C1)C(=O)N2. The van der Waals surface area contributed by atoms with E-state index in [1.165, 1.54) is 11.8 Å². The van der Waals surface area contributed by atoms with Gasteiger partial charge < -0.3 is 26.0 Å². The van der Waals surface area contributed by atoms with Gasteiger partial charge in [-0.3, -0.25) is 14.6 Å². The van der Waals surface area contributed by atoms with Crippen molar-refractivity contribution in [3.63, 3.8) is 0 Å². The lowest BCUT2D eigenvalue weighted by molar-refractivity contribution is -0.138. The Bertz CT molecular complexity index is 1660. The highest BCUT2D eigenvalue weighted by molar-refractivity contribution is 6.06. The first-order chi connectivity index (χ1) is 22.2. The number of carboxylic acid groups (broad SMARTS) is 1. The minimum absolute atomic E-state index is 0.0480. The number of hydrogen-bond acceptors (Lipinski definition) is 7. The molecular weight excluding hydrogens is 580 g/mol. The first-order valence-corrected chi connectivity index (χ1v) is 16.2. The van der Waals surface area contributed by atoms with Crippen molar-refractivity contribution in [1.29, 1.82) is 0 Å². The number of pyridine rings is 2. The number of carbonyl (C=O) groups excluding carboxylic acids is 2. The number of nitrogens with two attached hydrogens (primary N) is 1. The third-order valence-electron chi connectivity index (χ3n) is 9.96. The maximum atomic E-state index is 13.2. The third kappa shape index (κ3) is 6.19. The number of anilines is 1. The van der Waals surface area contributed by atoms with Crippen LogP contribution in [0.15, 0.2) is 60.9 Å². The topological polar surface area (TPSA) is 142 Å². The maximum Gasteiger partial charge on any atom is 0.337 e. The molecule has 3 unspecified atom stereocenters. The number of allylic oxidation sites excluding steroid dienone is 1. The van der Waals surface area contributed by atoms with Gasteiger partial charge in [0.2, 0.25) is 11.8 Å². The lowest BCUT2D eigenvalue weighted by Crippen LogP contribution is -2.56. The molecule has 0 bridgehead atoms. The van der Waals surface area contributed by atoms with E-state index < -0.39 is 17.4 Å². The number of amides is 2. The Morgan fingerprint density at radius 1 is 1.13 bits per heavy atom. The van der Waals surface area contributed by atoms with Crippen molar-refractivity contribution < 1.29 is 19.5 Å². The number of likely N-dealkylation sites (N-methyl/N-ethyl adjacent to an activating group) is 1. The van der Waals surface area contributed by atoms with Crippen LogP contribution in [0.3, 0.4) is 0 Å². The highest BCUT2D eigenvalue weighted by atomic mass is 16.4. The number of carbonyl (C=O) groups is 3. The van der Waals surface area contributed by atoms with Crippen LogP contribution in [0, 0.1) is 0 Å². The van der Waals surface area contributed by atoms with E-state index in [2.05, 4.69) is 52.4 Å². The molecule has 2 aromatic heterocycles. The van der Waals surface area contributed by atoms with Crippen LogP contribution in [0.25, 0.3) is 6.08 Å². The molecule has 3 aliphatic rings. The number of aromatic carboxylic acids is 1. The van der Waals surface area contributed by atoms with Gasteiger partial charge in [-0.05, 0) is 81.4 Å². The van der Waals surface area contributed by atoms with Crippen molar-refractivity contribution in [2.45, 2.75) is 68.9 Å². The van der Waals surface area contributed by atoms with Crippen LogP contribution < -0.4 is 11.1 Å². The molecule has 10 heteroatoms. The Hall–Kier alpha value is -4.41. The second-order valence-electron chi connectivity index (χ2n) is 13.0. The summed E-state index contributed by atoms with van der Waals surface area (Å²) in [5.41, 5.74) is 10.2. The van der Waals surface area contributed by atoms with Gasteiger partial charge in [-0.15, -0.1) is 0 Å². The van der Waals surface area contributed by atoms with E-state index in [0.717, 1.165) is 54.7 Å². The van der Waals surface area contributed by atoms with Crippen molar-refractivity contribution >= 4 is 29.7 Å². The molecular formula is C36H42N6O4. The van der Waals surface area contributed by atoms with Gasteiger partial charge >= 0.3 is 5.97 Å². The maximum absolute atomic E-state index is 13.2.